The summed E-state index contributed by atoms with van der Waals surface area (Å²) in [5.74, 6) is 1.74. The SMILES string of the molecule is CCS(=O)CCNCC(=O)NC(C)C(C)C. The Kier molecular flexibility index (Phi) is 8.47. The van der Waals surface area contributed by atoms with Crippen LogP contribution in [0.4, 0.5) is 0 Å². The molecule has 0 aromatic rings. The molecule has 0 aliphatic rings. The van der Waals surface area contributed by atoms with Gasteiger partial charge in [-0.25, -0.2) is 0 Å². The van der Waals surface area contributed by atoms with Crippen LogP contribution in [0, 0.1) is 5.92 Å². The number of carbonyl (C=O) groups is 1. The molecular weight excluding hydrogens is 224 g/mol. The van der Waals surface area contributed by atoms with Crippen LogP contribution >= 0.6 is 0 Å². The van der Waals surface area contributed by atoms with Gasteiger partial charge in [0, 0.05) is 34.9 Å². The fourth-order valence-corrected chi connectivity index (χ4v) is 1.66. The van der Waals surface area contributed by atoms with E-state index in [1.165, 1.54) is 0 Å². The van der Waals surface area contributed by atoms with E-state index in [2.05, 4.69) is 24.5 Å². The van der Waals surface area contributed by atoms with Crippen LogP contribution in [-0.4, -0.2) is 40.8 Å². The van der Waals surface area contributed by atoms with E-state index in [1.807, 2.05) is 13.8 Å². The van der Waals surface area contributed by atoms with Gasteiger partial charge in [0.1, 0.15) is 0 Å². The molecule has 0 saturated heterocycles. The lowest BCUT2D eigenvalue weighted by Crippen LogP contribution is -2.41. The van der Waals surface area contributed by atoms with Crippen molar-refractivity contribution in [1.29, 1.82) is 0 Å². The molecule has 1 amide bonds. The van der Waals surface area contributed by atoms with Crippen molar-refractivity contribution in [3.63, 3.8) is 0 Å². The minimum absolute atomic E-state index is 0.00322. The number of hydrogen-bond donors (Lipinski definition) is 2. The van der Waals surface area contributed by atoms with E-state index >= 15 is 0 Å². The molecule has 0 aliphatic heterocycles. The fourth-order valence-electron chi connectivity index (χ4n) is 1.00. The van der Waals surface area contributed by atoms with Crippen LogP contribution in [0.2, 0.25) is 0 Å². The summed E-state index contributed by atoms with van der Waals surface area (Å²) < 4.78 is 11.1. The first-order valence-corrected chi connectivity index (χ1v) is 7.31. The zero-order chi connectivity index (χ0) is 12.6. The summed E-state index contributed by atoms with van der Waals surface area (Å²) in [6.45, 7) is 8.97. The molecule has 2 N–H and O–H groups in total. The maximum absolute atomic E-state index is 11.4. The molecule has 0 saturated carbocycles. The second-order valence-corrected chi connectivity index (χ2v) is 6.07. The minimum Gasteiger partial charge on any atom is -0.352 e. The summed E-state index contributed by atoms with van der Waals surface area (Å²) in [7, 11) is -0.754. The molecule has 0 aliphatic carbocycles. The summed E-state index contributed by atoms with van der Waals surface area (Å²) in [4.78, 5) is 11.4. The van der Waals surface area contributed by atoms with Crippen molar-refractivity contribution in [2.75, 3.05) is 24.6 Å². The molecule has 0 heterocycles. The zero-order valence-electron chi connectivity index (χ0n) is 10.7. The van der Waals surface area contributed by atoms with Crippen molar-refractivity contribution >= 4 is 16.7 Å². The lowest BCUT2D eigenvalue weighted by atomic mass is 10.1. The van der Waals surface area contributed by atoms with Crippen LogP contribution < -0.4 is 10.6 Å². The van der Waals surface area contributed by atoms with Gasteiger partial charge in [0.2, 0.25) is 5.91 Å². The number of amides is 1. The summed E-state index contributed by atoms with van der Waals surface area (Å²) >= 11 is 0. The smallest absolute Gasteiger partial charge is 0.234 e. The Hall–Kier alpha value is -0.420. The van der Waals surface area contributed by atoms with Gasteiger partial charge < -0.3 is 10.6 Å². The molecule has 2 atom stereocenters. The van der Waals surface area contributed by atoms with Crippen molar-refractivity contribution < 1.29 is 9.00 Å². The molecule has 96 valence electrons. The third-order valence-corrected chi connectivity index (χ3v) is 3.81. The van der Waals surface area contributed by atoms with E-state index in [0.29, 0.717) is 30.5 Å². The van der Waals surface area contributed by atoms with E-state index in [9.17, 15) is 9.00 Å². The molecule has 0 aromatic heterocycles. The van der Waals surface area contributed by atoms with E-state index in [0.717, 1.165) is 0 Å². The molecule has 5 heteroatoms. The predicted octanol–water partition coefficient (Wildman–Crippen LogP) is 0.505. The van der Waals surface area contributed by atoms with Gasteiger partial charge in [-0.2, -0.15) is 0 Å². The summed E-state index contributed by atoms with van der Waals surface area (Å²) in [5, 5.41) is 5.89. The van der Waals surface area contributed by atoms with Crippen LogP contribution in [0.5, 0.6) is 0 Å². The second kappa shape index (κ2) is 8.70. The molecule has 2 unspecified atom stereocenters. The highest BCUT2D eigenvalue weighted by molar-refractivity contribution is 7.84. The Bertz CT molecular complexity index is 232. The van der Waals surface area contributed by atoms with E-state index in [1.54, 1.807) is 0 Å². The van der Waals surface area contributed by atoms with Crippen LogP contribution in [0.1, 0.15) is 27.7 Å². The molecule has 0 radical (unpaired) electrons. The van der Waals surface area contributed by atoms with Crippen molar-refractivity contribution in [3.05, 3.63) is 0 Å². The van der Waals surface area contributed by atoms with Crippen molar-refractivity contribution in [3.8, 4) is 0 Å². The van der Waals surface area contributed by atoms with E-state index < -0.39 is 10.8 Å². The maximum Gasteiger partial charge on any atom is 0.234 e. The standard InChI is InChI=1S/C11H24N2O2S/c1-5-16(15)7-6-12-8-11(14)13-10(4)9(2)3/h9-10,12H,5-8H2,1-4H3,(H,13,14). The monoisotopic (exact) mass is 248 g/mol. The highest BCUT2D eigenvalue weighted by atomic mass is 32.2. The minimum atomic E-state index is -0.754. The average Bonchev–Trinajstić information content (AvgIpc) is 2.23. The first-order chi connectivity index (χ1) is 7.47. The highest BCUT2D eigenvalue weighted by Gasteiger charge is 2.09. The third kappa shape index (κ3) is 7.82. The molecule has 4 nitrogen and oxygen atoms in total. The first-order valence-electron chi connectivity index (χ1n) is 5.82. The van der Waals surface area contributed by atoms with Gasteiger partial charge in [-0.05, 0) is 12.8 Å². The topological polar surface area (TPSA) is 58.2 Å². The van der Waals surface area contributed by atoms with E-state index in [4.69, 9.17) is 0 Å². The van der Waals surface area contributed by atoms with Gasteiger partial charge >= 0.3 is 0 Å². The molecule has 0 aromatic carbocycles. The number of rotatable bonds is 8. The summed E-state index contributed by atoms with van der Waals surface area (Å²) in [6.07, 6.45) is 0. The Labute approximate surface area is 101 Å². The quantitative estimate of drug-likeness (QED) is 0.615. The lowest BCUT2D eigenvalue weighted by Gasteiger charge is -2.17. The molecule has 0 rings (SSSR count). The van der Waals surface area contributed by atoms with Crippen LogP contribution in [0.25, 0.3) is 0 Å². The summed E-state index contributed by atoms with van der Waals surface area (Å²) in [5.41, 5.74) is 0. The van der Waals surface area contributed by atoms with Crippen molar-refractivity contribution in [2.24, 2.45) is 5.92 Å². The van der Waals surface area contributed by atoms with Crippen LogP contribution in [0.3, 0.4) is 0 Å². The van der Waals surface area contributed by atoms with Crippen molar-refractivity contribution in [1.82, 2.24) is 10.6 Å². The number of hydrogen-bond acceptors (Lipinski definition) is 3. The van der Waals surface area contributed by atoms with Gasteiger partial charge in [0.15, 0.2) is 0 Å². The Balaban J connectivity index is 3.55. The summed E-state index contributed by atoms with van der Waals surface area (Å²) in [6, 6.07) is 0.194. The number of nitrogens with one attached hydrogen (secondary N) is 2. The largest absolute Gasteiger partial charge is 0.352 e. The van der Waals surface area contributed by atoms with Crippen LogP contribution in [0.15, 0.2) is 0 Å². The maximum atomic E-state index is 11.4. The Morgan fingerprint density at radius 2 is 1.94 bits per heavy atom. The van der Waals surface area contributed by atoms with Crippen molar-refractivity contribution in [2.45, 2.75) is 33.7 Å². The lowest BCUT2D eigenvalue weighted by molar-refractivity contribution is -0.121. The first kappa shape index (κ1) is 15.6. The second-order valence-electron chi connectivity index (χ2n) is 4.21. The third-order valence-electron chi connectivity index (χ3n) is 2.50. The Morgan fingerprint density at radius 1 is 1.31 bits per heavy atom. The van der Waals surface area contributed by atoms with Gasteiger partial charge in [-0.1, -0.05) is 20.8 Å². The zero-order valence-corrected chi connectivity index (χ0v) is 11.5. The fraction of sp³-hybridized carbons (Fsp3) is 0.909. The molecule has 0 fully saturated rings. The molecular formula is C11H24N2O2S. The normalized spacial score (nSPS) is 14.8. The number of carbonyl (C=O) groups excluding carboxylic acids is 1. The molecule has 16 heavy (non-hydrogen) atoms. The van der Waals surface area contributed by atoms with Gasteiger partial charge in [-0.3, -0.25) is 9.00 Å². The highest BCUT2D eigenvalue weighted by Crippen LogP contribution is 1.98. The van der Waals surface area contributed by atoms with E-state index in [-0.39, 0.29) is 11.9 Å². The van der Waals surface area contributed by atoms with Gasteiger partial charge in [0.05, 0.1) is 6.54 Å². The average molecular weight is 248 g/mol. The Morgan fingerprint density at radius 3 is 2.44 bits per heavy atom. The van der Waals surface area contributed by atoms with Gasteiger partial charge in [-0.15, -0.1) is 0 Å². The predicted molar refractivity (Wildman–Crippen MR) is 68.9 cm³/mol. The molecule has 0 bridgehead atoms. The molecule has 0 spiro atoms. The van der Waals surface area contributed by atoms with Crippen LogP contribution in [-0.2, 0) is 15.6 Å². The van der Waals surface area contributed by atoms with Gasteiger partial charge in [0.25, 0.3) is 0 Å².